The fourth-order valence-corrected chi connectivity index (χ4v) is 4.00. The van der Waals surface area contributed by atoms with Crippen molar-refractivity contribution in [2.45, 2.75) is 64.1 Å². The number of aromatic nitrogens is 1. The minimum atomic E-state index is -1.68. The van der Waals surface area contributed by atoms with Crippen LogP contribution < -0.4 is 5.56 Å². The Bertz CT molecular complexity index is 744. The number of hydrogen-bond acceptors (Lipinski definition) is 5. The van der Waals surface area contributed by atoms with Crippen LogP contribution in [0.4, 0.5) is 0 Å². The molecule has 26 heavy (non-hydrogen) atoms. The zero-order valence-electron chi connectivity index (χ0n) is 15.9. The monoisotopic (exact) mass is 364 g/mol. The van der Waals surface area contributed by atoms with Crippen molar-refractivity contribution in [3.8, 4) is 0 Å². The van der Waals surface area contributed by atoms with Gasteiger partial charge in [0.15, 0.2) is 5.60 Å². The summed E-state index contributed by atoms with van der Waals surface area (Å²) in [6, 6.07) is 4.88. The molecule has 3 rings (SSSR count). The van der Waals surface area contributed by atoms with E-state index in [0.29, 0.717) is 25.4 Å². The number of carbonyl (C=O) groups is 1. The average Bonchev–Trinajstić information content (AvgIpc) is 2.89. The van der Waals surface area contributed by atoms with E-state index < -0.39 is 11.2 Å². The molecule has 1 spiro atoms. The third kappa shape index (κ3) is 3.43. The summed E-state index contributed by atoms with van der Waals surface area (Å²) in [5.41, 5.74) is -1.74. The van der Waals surface area contributed by atoms with Crippen molar-refractivity contribution in [3.05, 3.63) is 34.2 Å². The van der Waals surface area contributed by atoms with E-state index in [1.54, 1.807) is 24.0 Å². The Kier molecular flexibility index (Phi) is 4.98. The first kappa shape index (κ1) is 19.1. The van der Waals surface area contributed by atoms with Gasteiger partial charge >= 0.3 is 0 Å². The highest BCUT2D eigenvalue weighted by Gasteiger charge is 2.50. The van der Waals surface area contributed by atoms with Gasteiger partial charge in [0.2, 0.25) is 0 Å². The summed E-state index contributed by atoms with van der Waals surface area (Å²) in [5, 5.41) is 10.9. The highest BCUT2D eigenvalue weighted by atomic mass is 16.6. The lowest BCUT2D eigenvalue weighted by molar-refractivity contribution is -0.189. The van der Waals surface area contributed by atoms with Gasteiger partial charge in [0.05, 0.1) is 25.3 Å². The maximum absolute atomic E-state index is 13.1. The maximum atomic E-state index is 13.1. The van der Waals surface area contributed by atoms with Crippen LogP contribution in [0.15, 0.2) is 23.0 Å². The first-order valence-electron chi connectivity index (χ1n) is 9.12. The van der Waals surface area contributed by atoms with Crippen molar-refractivity contribution in [2.24, 2.45) is 0 Å². The standard InChI is InChI=1S/C19H28N2O5/c1-13-6-5-7-16(22)21(13)11-18(4,24)17(23)20-10-14(2)26-19(12-20)8-9-25-15(19)3/h5-7,14-15,24H,8-12H2,1-4H3. The summed E-state index contributed by atoms with van der Waals surface area (Å²) in [6.45, 7) is 8.45. The Morgan fingerprint density at radius 3 is 2.77 bits per heavy atom. The van der Waals surface area contributed by atoms with Gasteiger partial charge in [-0.1, -0.05) is 6.07 Å². The van der Waals surface area contributed by atoms with Crippen molar-refractivity contribution in [2.75, 3.05) is 19.7 Å². The van der Waals surface area contributed by atoms with Crippen molar-refractivity contribution in [3.63, 3.8) is 0 Å². The van der Waals surface area contributed by atoms with Gasteiger partial charge in [-0.25, -0.2) is 0 Å². The molecule has 2 fully saturated rings. The van der Waals surface area contributed by atoms with Crippen LogP contribution >= 0.6 is 0 Å². The number of carbonyl (C=O) groups excluding carboxylic acids is 1. The first-order valence-corrected chi connectivity index (χ1v) is 9.12. The second kappa shape index (κ2) is 6.79. The molecule has 1 amide bonds. The molecule has 0 aliphatic carbocycles. The minimum Gasteiger partial charge on any atom is -0.378 e. The van der Waals surface area contributed by atoms with Gasteiger partial charge in [0.25, 0.3) is 11.5 Å². The van der Waals surface area contributed by atoms with E-state index in [1.165, 1.54) is 17.6 Å². The second-order valence-corrected chi connectivity index (χ2v) is 7.81. The number of aliphatic hydroxyl groups is 1. The molecular weight excluding hydrogens is 336 g/mol. The molecule has 0 bridgehead atoms. The van der Waals surface area contributed by atoms with Crippen LogP contribution in [-0.2, 0) is 20.8 Å². The Labute approximate surface area is 153 Å². The molecule has 0 aromatic carbocycles. The SMILES string of the molecule is Cc1cccc(=O)n1CC(C)(O)C(=O)N1CC(C)OC2(CCOC2C)C1. The van der Waals surface area contributed by atoms with Gasteiger partial charge in [-0.3, -0.25) is 9.59 Å². The lowest BCUT2D eigenvalue weighted by Gasteiger charge is -2.46. The molecule has 0 saturated carbocycles. The molecule has 0 radical (unpaired) electrons. The molecule has 2 aliphatic rings. The van der Waals surface area contributed by atoms with Gasteiger partial charge in [-0.2, -0.15) is 0 Å². The van der Waals surface area contributed by atoms with E-state index in [0.717, 1.165) is 6.42 Å². The number of nitrogens with zero attached hydrogens (tertiary/aromatic N) is 2. The molecule has 2 aliphatic heterocycles. The normalized spacial score (nSPS) is 31.2. The molecule has 4 atom stereocenters. The van der Waals surface area contributed by atoms with Crippen molar-refractivity contribution in [1.29, 1.82) is 0 Å². The van der Waals surface area contributed by atoms with Gasteiger partial charge in [0, 0.05) is 31.3 Å². The number of aryl methyl sites for hydroxylation is 1. The lowest BCUT2D eigenvalue weighted by Crippen LogP contribution is -2.63. The third-order valence-electron chi connectivity index (χ3n) is 5.49. The molecule has 1 N–H and O–H groups in total. The van der Waals surface area contributed by atoms with Crippen LogP contribution in [0.3, 0.4) is 0 Å². The maximum Gasteiger partial charge on any atom is 0.256 e. The fourth-order valence-electron chi connectivity index (χ4n) is 4.00. The Morgan fingerprint density at radius 2 is 2.15 bits per heavy atom. The predicted molar refractivity (Wildman–Crippen MR) is 96.0 cm³/mol. The van der Waals surface area contributed by atoms with E-state index in [4.69, 9.17) is 9.47 Å². The van der Waals surface area contributed by atoms with E-state index in [9.17, 15) is 14.7 Å². The smallest absolute Gasteiger partial charge is 0.256 e. The van der Waals surface area contributed by atoms with Crippen LogP contribution in [-0.4, -0.2) is 63.6 Å². The molecule has 1 aromatic rings. The molecule has 2 saturated heterocycles. The molecule has 3 heterocycles. The van der Waals surface area contributed by atoms with Crippen LogP contribution in [0.5, 0.6) is 0 Å². The molecular formula is C19H28N2O5. The van der Waals surface area contributed by atoms with Gasteiger partial charge in [0.1, 0.15) is 5.60 Å². The van der Waals surface area contributed by atoms with E-state index in [-0.39, 0.29) is 30.2 Å². The summed E-state index contributed by atoms with van der Waals surface area (Å²) in [7, 11) is 0. The van der Waals surface area contributed by atoms with Gasteiger partial charge < -0.3 is 24.0 Å². The largest absolute Gasteiger partial charge is 0.378 e. The second-order valence-electron chi connectivity index (χ2n) is 7.81. The number of pyridine rings is 1. The molecule has 7 heteroatoms. The molecule has 4 unspecified atom stereocenters. The molecule has 1 aromatic heterocycles. The summed E-state index contributed by atoms with van der Waals surface area (Å²) in [6.07, 6.45) is 0.472. The predicted octanol–water partition coefficient (Wildman–Crippen LogP) is 0.703. The van der Waals surface area contributed by atoms with Crippen LogP contribution in [0.2, 0.25) is 0 Å². The molecule has 144 valence electrons. The number of ether oxygens (including phenoxy) is 2. The van der Waals surface area contributed by atoms with E-state index in [2.05, 4.69) is 0 Å². The number of hydrogen-bond donors (Lipinski definition) is 1. The highest BCUT2D eigenvalue weighted by Crippen LogP contribution is 2.35. The Morgan fingerprint density at radius 1 is 1.42 bits per heavy atom. The van der Waals surface area contributed by atoms with E-state index >= 15 is 0 Å². The molecule has 7 nitrogen and oxygen atoms in total. The zero-order valence-corrected chi connectivity index (χ0v) is 15.9. The topological polar surface area (TPSA) is 81.0 Å². The summed E-state index contributed by atoms with van der Waals surface area (Å²) < 4.78 is 13.2. The Balaban J connectivity index is 1.81. The van der Waals surface area contributed by atoms with Crippen molar-refractivity contribution >= 4 is 5.91 Å². The van der Waals surface area contributed by atoms with Gasteiger partial charge in [-0.15, -0.1) is 0 Å². The quantitative estimate of drug-likeness (QED) is 0.854. The van der Waals surface area contributed by atoms with Crippen LogP contribution in [0, 0.1) is 6.92 Å². The number of amides is 1. The summed E-state index contributed by atoms with van der Waals surface area (Å²) >= 11 is 0. The third-order valence-corrected chi connectivity index (χ3v) is 5.49. The van der Waals surface area contributed by atoms with E-state index in [1.807, 2.05) is 13.8 Å². The van der Waals surface area contributed by atoms with Crippen molar-refractivity contribution < 1.29 is 19.4 Å². The zero-order chi connectivity index (χ0) is 19.1. The minimum absolute atomic E-state index is 0.0812. The number of rotatable bonds is 3. The lowest BCUT2D eigenvalue weighted by atomic mass is 9.91. The summed E-state index contributed by atoms with van der Waals surface area (Å²) in [5.74, 6) is -0.388. The highest BCUT2D eigenvalue weighted by molar-refractivity contribution is 5.84. The fraction of sp³-hybridized carbons (Fsp3) is 0.684. The Hall–Kier alpha value is -1.70. The first-order chi connectivity index (χ1) is 12.1. The number of morpholine rings is 1. The van der Waals surface area contributed by atoms with Crippen LogP contribution in [0.25, 0.3) is 0 Å². The van der Waals surface area contributed by atoms with Crippen LogP contribution in [0.1, 0.15) is 32.9 Å². The van der Waals surface area contributed by atoms with Crippen molar-refractivity contribution in [1.82, 2.24) is 9.47 Å². The van der Waals surface area contributed by atoms with Gasteiger partial charge in [-0.05, 0) is 33.8 Å². The average molecular weight is 364 g/mol. The summed E-state index contributed by atoms with van der Waals surface area (Å²) in [4.78, 5) is 26.9.